The number of carboxylic acid groups (broad SMARTS) is 1. The highest BCUT2D eigenvalue weighted by atomic mass is 79.9. The first-order valence-corrected chi connectivity index (χ1v) is 7.80. The number of carbonyl (C=O) groups excluding carboxylic acids is 1. The van der Waals surface area contributed by atoms with Gasteiger partial charge in [-0.2, -0.15) is 0 Å². The van der Waals surface area contributed by atoms with Crippen LogP contribution >= 0.6 is 27.3 Å². The fourth-order valence-corrected chi connectivity index (χ4v) is 3.76. The van der Waals surface area contributed by atoms with Gasteiger partial charge in [-0.05, 0) is 34.8 Å². The summed E-state index contributed by atoms with van der Waals surface area (Å²) in [7, 11) is 1.73. The van der Waals surface area contributed by atoms with Gasteiger partial charge in [-0.25, -0.2) is 0 Å². The van der Waals surface area contributed by atoms with Crippen LogP contribution in [0.2, 0.25) is 0 Å². The Bertz CT molecular complexity index is 496. The molecule has 1 aromatic rings. The maximum Gasteiger partial charge on any atom is 0.310 e. The number of carboxylic acids is 1. The summed E-state index contributed by atoms with van der Waals surface area (Å²) < 4.78 is 1.01. The molecule has 6 heteroatoms. The molecular formula is C13H16BrNO3S. The number of hydrogen-bond donors (Lipinski definition) is 1. The van der Waals surface area contributed by atoms with E-state index >= 15 is 0 Å². The highest BCUT2D eigenvalue weighted by Crippen LogP contribution is 2.44. The summed E-state index contributed by atoms with van der Waals surface area (Å²) in [5.74, 6) is -0.925. The lowest BCUT2D eigenvalue weighted by Crippen LogP contribution is -2.42. The molecule has 2 rings (SSSR count). The van der Waals surface area contributed by atoms with Gasteiger partial charge in [-0.1, -0.05) is 6.42 Å². The van der Waals surface area contributed by atoms with Crippen LogP contribution in [0, 0.1) is 5.41 Å². The van der Waals surface area contributed by atoms with Gasteiger partial charge in [-0.3, -0.25) is 9.59 Å². The SMILES string of the molecule is CN(Cc1cc(Br)cs1)C(=O)CC1(C(=O)O)CCC1. The van der Waals surface area contributed by atoms with E-state index in [9.17, 15) is 14.7 Å². The van der Waals surface area contributed by atoms with E-state index in [-0.39, 0.29) is 12.3 Å². The van der Waals surface area contributed by atoms with Crippen molar-refractivity contribution in [2.45, 2.75) is 32.2 Å². The van der Waals surface area contributed by atoms with Crippen LogP contribution in [0.1, 0.15) is 30.6 Å². The number of rotatable bonds is 5. The molecule has 0 aliphatic heterocycles. The Balaban J connectivity index is 1.94. The Morgan fingerprint density at radius 3 is 2.63 bits per heavy atom. The van der Waals surface area contributed by atoms with E-state index in [2.05, 4.69) is 15.9 Å². The van der Waals surface area contributed by atoms with Gasteiger partial charge >= 0.3 is 5.97 Å². The van der Waals surface area contributed by atoms with Crippen LogP contribution in [0.15, 0.2) is 15.9 Å². The van der Waals surface area contributed by atoms with Crippen LogP contribution in [0.4, 0.5) is 0 Å². The Kier molecular flexibility index (Phi) is 4.30. The zero-order chi connectivity index (χ0) is 14.0. The van der Waals surface area contributed by atoms with Crippen molar-refractivity contribution in [3.8, 4) is 0 Å². The third kappa shape index (κ3) is 3.17. The summed E-state index contributed by atoms with van der Waals surface area (Å²) in [4.78, 5) is 26.1. The third-order valence-corrected chi connectivity index (χ3v) is 5.38. The molecule has 1 fully saturated rings. The molecule has 1 amide bonds. The third-order valence-electron chi connectivity index (χ3n) is 3.69. The van der Waals surface area contributed by atoms with Crippen molar-refractivity contribution < 1.29 is 14.7 Å². The maximum atomic E-state index is 12.1. The zero-order valence-electron chi connectivity index (χ0n) is 10.7. The first-order chi connectivity index (χ1) is 8.93. The number of nitrogens with zero attached hydrogens (tertiary/aromatic N) is 1. The molecule has 1 aliphatic carbocycles. The van der Waals surface area contributed by atoms with Gasteiger partial charge in [-0.15, -0.1) is 11.3 Å². The molecule has 0 spiro atoms. The number of carbonyl (C=O) groups is 2. The van der Waals surface area contributed by atoms with Crippen LogP contribution in [-0.2, 0) is 16.1 Å². The average Bonchev–Trinajstić information content (AvgIpc) is 2.68. The zero-order valence-corrected chi connectivity index (χ0v) is 13.1. The van der Waals surface area contributed by atoms with E-state index in [1.165, 1.54) is 0 Å². The summed E-state index contributed by atoms with van der Waals surface area (Å²) in [6.07, 6.45) is 2.26. The van der Waals surface area contributed by atoms with Crippen molar-refractivity contribution in [2.75, 3.05) is 7.05 Å². The summed E-state index contributed by atoms with van der Waals surface area (Å²) in [6, 6.07) is 1.98. The van der Waals surface area contributed by atoms with E-state index in [1.807, 2.05) is 11.4 Å². The summed E-state index contributed by atoms with van der Waals surface area (Å²) in [6.45, 7) is 0.533. The van der Waals surface area contributed by atoms with Crippen LogP contribution in [0.25, 0.3) is 0 Å². The van der Waals surface area contributed by atoms with E-state index in [0.29, 0.717) is 19.4 Å². The minimum Gasteiger partial charge on any atom is -0.481 e. The van der Waals surface area contributed by atoms with Crippen LogP contribution < -0.4 is 0 Å². The molecule has 0 aromatic carbocycles. The highest BCUT2D eigenvalue weighted by Gasteiger charge is 2.46. The molecule has 0 bridgehead atoms. The summed E-state index contributed by atoms with van der Waals surface area (Å²) in [5.41, 5.74) is -0.804. The molecule has 1 saturated carbocycles. The predicted octanol–water partition coefficient (Wildman–Crippen LogP) is 3.11. The first-order valence-electron chi connectivity index (χ1n) is 6.13. The van der Waals surface area contributed by atoms with E-state index in [0.717, 1.165) is 15.8 Å². The van der Waals surface area contributed by atoms with Crippen molar-refractivity contribution in [3.63, 3.8) is 0 Å². The second kappa shape index (κ2) is 5.63. The fraction of sp³-hybridized carbons (Fsp3) is 0.538. The van der Waals surface area contributed by atoms with Gasteiger partial charge in [0, 0.05) is 28.2 Å². The Morgan fingerprint density at radius 1 is 1.53 bits per heavy atom. The van der Waals surface area contributed by atoms with Gasteiger partial charge in [0.05, 0.1) is 12.0 Å². The molecule has 1 aromatic heterocycles. The molecule has 1 N–H and O–H groups in total. The topological polar surface area (TPSA) is 57.6 Å². The number of hydrogen-bond acceptors (Lipinski definition) is 3. The van der Waals surface area contributed by atoms with Gasteiger partial charge in [0.2, 0.25) is 5.91 Å². The number of aliphatic carboxylic acids is 1. The first kappa shape index (κ1) is 14.5. The average molecular weight is 346 g/mol. The number of thiophene rings is 1. The van der Waals surface area contributed by atoms with Crippen LogP contribution in [0.3, 0.4) is 0 Å². The molecular weight excluding hydrogens is 330 g/mol. The predicted molar refractivity (Wildman–Crippen MR) is 77.0 cm³/mol. The molecule has 0 atom stereocenters. The minimum atomic E-state index is -0.834. The molecule has 0 unspecified atom stereocenters. The lowest BCUT2D eigenvalue weighted by atomic mass is 9.66. The van der Waals surface area contributed by atoms with Crippen molar-refractivity contribution >= 4 is 39.1 Å². The smallest absolute Gasteiger partial charge is 0.310 e. The van der Waals surface area contributed by atoms with Crippen molar-refractivity contribution in [3.05, 3.63) is 20.8 Å². The Labute approximate surface area is 124 Å². The lowest BCUT2D eigenvalue weighted by molar-refractivity contribution is -0.159. The van der Waals surface area contributed by atoms with Crippen molar-refractivity contribution in [1.82, 2.24) is 4.90 Å². The fourth-order valence-electron chi connectivity index (χ4n) is 2.25. The van der Waals surface area contributed by atoms with Gasteiger partial charge in [0.1, 0.15) is 0 Å². The van der Waals surface area contributed by atoms with Crippen molar-refractivity contribution in [2.24, 2.45) is 5.41 Å². The normalized spacial score (nSPS) is 16.7. The molecule has 0 radical (unpaired) electrons. The summed E-state index contributed by atoms with van der Waals surface area (Å²) >= 11 is 4.96. The molecule has 4 nitrogen and oxygen atoms in total. The van der Waals surface area contributed by atoms with Crippen LogP contribution in [-0.4, -0.2) is 28.9 Å². The largest absolute Gasteiger partial charge is 0.481 e. The van der Waals surface area contributed by atoms with Crippen molar-refractivity contribution in [1.29, 1.82) is 0 Å². The number of halogens is 1. The Morgan fingerprint density at radius 2 is 2.21 bits per heavy atom. The number of amides is 1. The monoisotopic (exact) mass is 345 g/mol. The molecule has 0 saturated heterocycles. The second-order valence-corrected chi connectivity index (χ2v) is 7.01. The summed E-state index contributed by atoms with van der Waals surface area (Å²) in [5, 5.41) is 11.2. The van der Waals surface area contributed by atoms with E-state index in [1.54, 1.807) is 23.3 Å². The van der Waals surface area contributed by atoms with Gasteiger partial charge in [0.25, 0.3) is 0 Å². The maximum absolute atomic E-state index is 12.1. The Hall–Kier alpha value is -0.880. The molecule has 1 aliphatic rings. The minimum absolute atomic E-state index is 0.0911. The highest BCUT2D eigenvalue weighted by molar-refractivity contribution is 9.10. The van der Waals surface area contributed by atoms with Crippen LogP contribution in [0.5, 0.6) is 0 Å². The second-order valence-electron chi connectivity index (χ2n) is 5.10. The lowest BCUT2D eigenvalue weighted by Gasteiger charge is -2.37. The molecule has 19 heavy (non-hydrogen) atoms. The molecule has 1 heterocycles. The standard InChI is InChI=1S/C13H16BrNO3S/c1-15(7-10-5-9(14)8-19-10)11(16)6-13(12(17)18)3-2-4-13/h5,8H,2-4,6-7H2,1H3,(H,17,18). The van der Waals surface area contributed by atoms with Gasteiger partial charge < -0.3 is 10.0 Å². The quantitative estimate of drug-likeness (QED) is 0.891. The van der Waals surface area contributed by atoms with Gasteiger partial charge in [0.15, 0.2) is 0 Å². The van der Waals surface area contributed by atoms with E-state index < -0.39 is 11.4 Å². The van der Waals surface area contributed by atoms with E-state index in [4.69, 9.17) is 0 Å². The molecule has 104 valence electrons.